The van der Waals surface area contributed by atoms with Gasteiger partial charge < -0.3 is 9.84 Å². The molecule has 0 amide bonds. The number of esters is 1. The van der Waals surface area contributed by atoms with Crippen LogP contribution in [0.1, 0.15) is 91.4 Å². The van der Waals surface area contributed by atoms with E-state index in [4.69, 9.17) is 10.3 Å². The minimum atomic E-state index is -1.13. The van der Waals surface area contributed by atoms with E-state index in [2.05, 4.69) is 23.9 Å². The molecule has 0 aromatic rings. The molecule has 6 nitrogen and oxygen atoms in total. The summed E-state index contributed by atoms with van der Waals surface area (Å²) in [5.74, 6) is 0.169. The first kappa shape index (κ1) is 23.7. The monoisotopic (exact) mass is 355 g/mol. The topological polar surface area (TPSA) is 95.3 Å². The lowest BCUT2D eigenvalue weighted by atomic mass is 10.0. The molecular formula is C19H37N3O3. The highest BCUT2D eigenvalue weighted by molar-refractivity contribution is 5.76. The lowest BCUT2D eigenvalue weighted by molar-refractivity contribution is -0.147. The highest BCUT2D eigenvalue weighted by Gasteiger charge is 2.26. The Kier molecular flexibility index (Phi) is 15.4. The van der Waals surface area contributed by atoms with E-state index < -0.39 is 18.1 Å². The SMILES string of the molecule is CCOC(=O)[C@H](N=[N+]=[N-])[C@H](O)CCCCCCCCCCCC(C)C. The summed E-state index contributed by atoms with van der Waals surface area (Å²) in [6.45, 7) is 6.44. The Labute approximate surface area is 153 Å². The third-order valence-electron chi connectivity index (χ3n) is 4.35. The number of hydrogen-bond donors (Lipinski definition) is 1. The summed E-state index contributed by atoms with van der Waals surface area (Å²) in [6, 6.07) is -1.13. The maximum atomic E-state index is 11.6. The van der Waals surface area contributed by atoms with Crippen LogP contribution in [0.15, 0.2) is 5.11 Å². The van der Waals surface area contributed by atoms with Crippen LogP contribution in [0.3, 0.4) is 0 Å². The summed E-state index contributed by atoms with van der Waals surface area (Å²) in [5.41, 5.74) is 8.52. The molecule has 0 aliphatic carbocycles. The van der Waals surface area contributed by atoms with Crippen LogP contribution in [-0.4, -0.2) is 29.8 Å². The molecule has 0 unspecified atom stereocenters. The van der Waals surface area contributed by atoms with Crippen molar-refractivity contribution in [2.24, 2.45) is 11.0 Å². The van der Waals surface area contributed by atoms with Gasteiger partial charge in [-0.2, -0.15) is 0 Å². The number of carbonyl (C=O) groups is 1. The molecule has 6 heteroatoms. The molecule has 0 heterocycles. The number of nitrogens with zero attached hydrogens (tertiary/aromatic N) is 3. The number of aliphatic hydroxyl groups excluding tert-OH is 1. The lowest BCUT2D eigenvalue weighted by Gasteiger charge is -2.16. The molecule has 0 rings (SSSR count). The zero-order valence-corrected chi connectivity index (χ0v) is 16.3. The second kappa shape index (κ2) is 16.2. The van der Waals surface area contributed by atoms with Crippen LogP contribution < -0.4 is 0 Å². The van der Waals surface area contributed by atoms with Crippen molar-refractivity contribution in [3.8, 4) is 0 Å². The fourth-order valence-electron chi connectivity index (χ4n) is 2.87. The zero-order valence-electron chi connectivity index (χ0n) is 16.3. The maximum Gasteiger partial charge on any atom is 0.317 e. The quantitative estimate of drug-likeness (QED) is 0.129. The third-order valence-corrected chi connectivity index (χ3v) is 4.35. The third kappa shape index (κ3) is 13.7. The number of rotatable bonds is 16. The molecule has 1 N–H and O–H groups in total. The fourth-order valence-corrected chi connectivity index (χ4v) is 2.87. The summed E-state index contributed by atoms with van der Waals surface area (Å²) in [4.78, 5) is 14.3. The van der Waals surface area contributed by atoms with Crippen LogP contribution in [-0.2, 0) is 9.53 Å². The van der Waals surface area contributed by atoms with E-state index in [0.29, 0.717) is 6.42 Å². The van der Waals surface area contributed by atoms with Gasteiger partial charge in [0, 0.05) is 4.91 Å². The van der Waals surface area contributed by atoms with Crippen molar-refractivity contribution in [1.29, 1.82) is 0 Å². The highest BCUT2D eigenvalue weighted by atomic mass is 16.5. The van der Waals surface area contributed by atoms with E-state index >= 15 is 0 Å². The van der Waals surface area contributed by atoms with Crippen LogP contribution in [0.4, 0.5) is 0 Å². The van der Waals surface area contributed by atoms with Crippen molar-refractivity contribution < 1.29 is 14.6 Å². The van der Waals surface area contributed by atoms with Crippen LogP contribution in [0, 0.1) is 5.92 Å². The number of carbonyl (C=O) groups excluding carboxylic acids is 1. The Hall–Kier alpha value is -1.26. The number of ether oxygens (including phenoxy) is 1. The van der Waals surface area contributed by atoms with Crippen molar-refractivity contribution in [1.82, 2.24) is 0 Å². The molecule has 0 aliphatic rings. The van der Waals surface area contributed by atoms with Crippen LogP contribution in [0.5, 0.6) is 0 Å². The average Bonchev–Trinajstić information content (AvgIpc) is 2.57. The molecule has 0 fully saturated rings. The maximum absolute atomic E-state index is 11.6. The van der Waals surface area contributed by atoms with Crippen molar-refractivity contribution in [3.05, 3.63) is 10.4 Å². The first-order valence-corrected chi connectivity index (χ1v) is 9.91. The second-order valence-electron chi connectivity index (χ2n) is 7.12. The van der Waals surface area contributed by atoms with Gasteiger partial charge in [-0.3, -0.25) is 4.79 Å². The van der Waals surface area contributed by atoms with Crippen molar-refractivity contribution in [2.75, 3.05) is 6.61 Å². The molecule has 0 bridgehead atoms. The number of azide groups is 1. The molecule has 2 atom stereocenters. The van der Waals surface area contributed by atoms with Crippen LogP contribution >= 0.6 is 0 Å². The molecule has 0 aliphatic heterocycles. The highest BCUT2D eigenvalue weighted by Crippen LogP contribution is 2.15. The number of unbranched alkanes of at least 4 members (excludes halogenated alkanes) is 8. The summed E-state index contributed by atoms with van der Waals surface area (Å²) in [7, 11) is 0. The molecule has 0 aromatic heterocycles. The van der Waals surface area contributed by atoms with Gasteiger partial charge in [-0.1, -0.05) is 83.2 Å². The van der Waals surface area contributed by atoms with Gasteiger partial charge in [-0.15, -0.1) is 0 Å². The number of hydrogen-bond acceptors (Lipinski definition) is 4. The lowest BCUT2D eigenvalue weighted by Crippen LogP contribution is -2.33. The molecule has 146 valence electrons. The smallest absolute Gasteiger partial charge is 0.317 e. The summed E-state index contributed by atoms with van der Waals surface area (Å²) < 4.78 is 4.83. The Morgan fingerprint density at radius 1 is 1.00 bits per heavy atom. The molecule has 0 radical (unpaired) electrons. The predicted molar refractivity (Wildman–Crippen MR) is 101 cm³/mol. The van der Waals surface area contributed by atoms with E-state index in [1.807, 2.05) is 0 Å². The van der Waals surface area contributed by atoms with Gasteiger partial charge in [-0.05, 0) is 24.8 Å². The van der Waals surface area contributed by atoms with Gasteiger partial charge in [-0.25, -0.2) is 0 Å². The van der Waals surface area contributed by atoms with Gasteiger partial charge >= 0.3 is 5.97 Å². The average molecular weight is 356 g/mol. The zero-order chi connectivity index (χ0) is 18.9. The summed E-state index contributed by atoms with van der Waals surface area (Å²) >= 11 is 0. The summed E-state index contributed by atoms with van der Waals surface area (Å²) in [6.07, 6.45) is 11.7. The van der Waals surface area contributed by atoms with E-state index in [1.54, 1.807) is 6.92 Å². The first-order chi connectivity index (χ1) is 12.0. The predicted octanol–water partition coefficient (Wildman–Crippen LogP) is 5.54. The number of aliphatic hydroxyl groups is 1. The standard InChI is InChI=1S/C19H37N3O3/c1-4-25-19(24)18(21-22-20)17(23)15-13-11-9-7-5-6-8-10-12-14-16(2)3/h16-18,23H,4-15H2,1-3H3/t17-,18-/m1/s1. The molecule has 0 aromatic carbocycles. The van der Waals surface area contributed by atoms with Crippen LogP contribution in [0.25, 0.3) is 10.4 Å². The van der Waals surface area contributed by atoms with Crippen molar-refractivity contribution in [2.45, 2.75) is 104 Å². The minimum Gasteiger partial charge on any atom is -0.466 e. The van der Waals surface area contributed by atoms with Gasteiger partial charge in [0.2, 0.25) is 0 Å². The van der Waals surface area contributed by atoms with Gasteiger partial charge in [0.15, 0.2) is 6.04 Å². The second-order valence-corrected chi connectivity index (χ2v) is 7.12. The fraction of sp³-hybridized carbons (Fsp3) is 0.947. The van der Waals surface area contributed by atoms with E-state index in [-0.39, 0.29) is 6.61 Å². The minimum absolute atomic E-state index is 0.209. The Morgan fingerprint density at radius 3 is 1.92 bits per heavy atom. The molecular weight excluding hydrogens is 318 g/mol. The van der Waals surface area contributed by atoms with Gasteiger partial charge in [0.05, 0.1) is 12.7 Å². The summed E-state index contributed by atoms with van der Waals surface area (Å²) in [5, 5.41) is 13.4. The van der Waals surface area contributed by atoms with Gasteiger partial charge in [0.25, 0.3) is 0 Å². The normalized spacial score (nSPS) is 13.3. The van der Waals surface area contributed by atoms with E-state index in [9.17, 15) is 9.90 Å². The molecule has 25 heavy (non-hydrogen) atoms. The van der Waals surface area contributed by atoms with Gasteiger partial charge in [0.1, 0.15) is 0 Å². The molecule has 0 saturated heterocycles. The molecule has 0 saturated carbocycles. The Bertz CT molecular complexity index is 382. The van der Waals surface area contributed by atoms with E-state index in [0.717, 1.165) is 25.2 Å². The largest absolute Gasteiger partial charge is 0.466 e. The Balaban J connectivity index is 3.65. The molecule has 0 spiro atoms. The van der Waals surface area contributed by atoms with Crippen LogP contribution in [0.2, 0.25) is 0 Å². The van der Waals surface area contributed by atoms with Crippen molar-refractivity contribution >= 4 is 5.97 Å². The Morgan fingerprint density at radius 2 is 1.48 bits per heavy atom. The first-order valence-electron chi connectivity index (χ1n) is 9.91. The van der Waals surface area contributed by atoms with Crippen molar-refractivity contribution in [3.63, 3.8) is 0 Å². The van der Waals surface area contributed by atoms with E-state index in [1.165, 1.54) is 44.9 Å².